The largest absolute Gasteiger partial charge is 0.361 e. The van der Waals surface area contributed by atoms with Gasteiger partial charge in [-0.15, -0.1) is 0 Å². The molecule has 1 heterocycles. The highest BCUT2D eigenvalue weighted by atomic mass is 16.2. The summed E-state index contributed by atoms with van der Waals surface area (Å²) in [6, 6.07) is 8.21. The number of hydrogen-bond acceptors (Lipinski definition) is 2. The summed E-state index contributed by atoms with van der Waals surface area (Å²) < 4.78 is 0. The van der Waals surface area contributed by atoms with Crippen molar-refractivity contribution in [2.24, 2.45) is 5.73 Å². The van der Waals surface area contributed by atoms with Crippen LogP contribution < -0.4 is 11.1 Å². The van der Waals surface area contributed by atoms with Gasteiger partial charge in [0.25, 0.3) is 0 Å². The zero-order valence-electron chi connectivity index (χ0n) is 11.6. The van der Waals surface area contributed by atoms with Crippen molar-refractivity contribution in [3.63, 3.8) is 0 Å². The highest BCUT2D eigenvalue weighted by molar-refractivity contribution is 5.86. The maximum atomic E-state index is 12.1. The van der Waals surface area contributed by atoms with E-state index < -0.39 is 5.54 Å². The molecule has 0 atom stereocenters. The predicted molar refractivity (Wildman–Crippen MR) is 80.4 cm³/mol. The van der Waals surface area contributed by atoms with Crippen LogP contribution in [0, 0.1) is 0 Å². The Balaban J connectivity index is 1.59. The Morgan fingerprint density at radius 1 is 1.30 bits per heavy atom. The number of H-pyrrole nitrogens is 1. The van der Waals surface area contributed by atoms with Crippen LogP contribution in [0.5, 0.6) is 0 Å². The van der Waals surface area contributed by atoms with Gasteiger partial charge in [-0.25, -0.2) is 0 Å². The molecule has 1 aromatic heterocycles. The maximum Gasteiger partial charge on any atom is 0.240 e. The van der Waals surface area contributed by atoms with Gasteiger partial charge in [-0.1, -0.05) is 31.0 Å². The number of carbonyl (C=O) groups excluding carboxylic acids is 1. The second-order valence-corrected chi connectivity index (χ2v) is 5.73. The summed E-state index contributed by atoms with van der Waals surface area (Å²) in [6.07, 6.45) is 6.59. The van der Waals surface area contributed by atoms with E-state index in [1.807, 2.05) is 18.3 Å². The van der Waals surface area contributed by atoms with Gasteiger partial charge in [-0.05, 0) is 30.9 Å². The van der Waals surface area contributed by atoms with Crippen LogP contribution in [0.2, 0.25) is 0 Å². The number of nitrogens with one attached hydrogen (secondary N) is 2. The molecule has 0 spiro atoms. The van der Waals surface area contributed by atoms with Crippen molar-refractivity contribution in [3.05, 3.63) is 36.0 Å². The monoisotopic (exact) mass is 271 g/mol. The maximum absolute atomic E-state index is 12.1. The Morgan fingerprint density at radius 3 is 2.85 bits per heavy atom. The molecule has 2 aromatic rings. The van der Waals surface area contributed by atoms with Crippen LogP contribution in [0.4, 0.5) is 0 Å². The topological polar surface area (TPSA) is 70.9 Å². The van der Waals surface area contributed by atoms with Crippen LogP contribution in [-0.4, -0.2) is 23.0 Å². The van der Waals surface area contributed by atoms with Crippen LogP contribution in [-0.2, 0) is 11.2 Å². The third-order valence-electron chi connectivity index (χ3n) is 4.30. The fourth-order valence-corrected chi connectivity index (χ4v) is 3.06. The van der Waals surface area contributed by atoms with E-state index >= 15 is 0 Å². The second-order valence-electron chi connectivity index (χ2n) is 5.73. The molecule has 0 aliphatic heterocycles. The minimum atomic E-state index is -0.625. The Hall–Kier alpha value is -1.81. The van der Waals surface area contributed by atoms with Gasteiger partial charge in [0.05, 0.1) is 5.54 Å². The summed E-state index contributed by atoms with van der Waals surface area (Å²) in [5, 5.41) is 4.22. The Kier molecular flexibility index (Phi) is 3.49. The summed E-state index contributed by atoms with van der Waals surface area (Å²) in [5.41, 5.74) is 7.88. The fourth-order valence-electron chi connectivity index (χ4n) is 3.06. The summed E-state index contributed by atoms with van der Waals surface area (Å²) >= 11 is 0. The van der Waals surface area contributed by atoms with Crippen molar-refractivity contribution in [2.75, 3.05) is 6.54 Å². The normalized spacial score (nSPS) is 17.4. The van der Waals surface area contributed by atoms with Crippen molar-refractivity contribution in [1.29, 1.82) is 0 Å². The molecule has 4 N–H and O–H groups in total. The number of benzene rings is 1. The number of carbonyl (C=O) groups is 1. The summed E-state index contributed by atoms with van der Waals surface area (Å²) in [4.78, 5) is 15.4. The van der Waals surface area contributed by atoms with E-state index in [0.717, 1.165) is 37.6 Å². The van der Waals surface area contributed by atoms with Gasteiger partial charge >= 0.3 is 0 Å². The van der Waals surface area contributed by atoms with Gasteiger partial charge in [-0.3, -0.25) is 4.79 Å². The lowest BCUT2D eigenvalue weighted by Crippen LogP contribution is -2.52. The summed E-state index contributed by atoms with van der Waals surface area (Å²) in [7, 11) is 0. The molecule has 1 aromatic carbocycles. The number of hydrogen-bond donors (Lipinski definition) is 3. The Labute approximate surface area is 118 Å². The average Bonchev–Trinajstić information content (AvgIpc) is 3.07. The van der Waals surface area contributed by atoms with Crippen molar-refractivity contribution < 1.29 is 4.79 Å². The second kappa shape index (κ2) is 5.29. The molecule has 4 nitrogen and oxygen atoms in total. The lowest BCUT2D eigenvalue weighted by molar-refractivity contribution is -0.126. The number of aromatic nitrogens is 1. The van der Waals surface area contributed by atoms with Crippen LogP contribution >= 0.6 is 0 Å². The van der Waals surface area contributed by atoms with Crippen LogP contribution in [0.15, 0.2) is 30.5 Å². The summed E-state index contributed by atoms with van der Waals surface area (Å²) in [6.45, 7) is 0.639. The van der Waals surface area contributed by atoms with Crippen LogP contribution in [0.1, 0.15) is 31.2 Å². The van der Waals surface area contributed by atoms with E-state index in [1.165, 1.54) is 10.9 Å². The molecule has 0 unspecified atom stereocenters. The van der Waals surface area contributed by atoms with E-state index in [9.17, 15) is 4.79 Å². The van der Waals surface area contributed by atoms with Gasteiger partial charge in [0.15, 0.2) is 0 Å². The first kappa shape index (κ1) is 13.2. The van der Waals surface area contributed by atoms with Crippen LogP contribution in [0.25, 0.3) is 10.9 Å². The van der Waals surface area contributed by atoms with E-state index in [-0.39, 0.29) is 5.91 Å². The zero-order chi connectivity index (χ0) is 14.0. The molecule has 1 fully saturated rings. The molecule has 0 radical (unpaired) electrons. The van der Waals surface area contributed by atoms with E-state index in [1.54, 1.807) is 0 Å². The Morgan fingerprint density at radius 2 is 2.05 bits per heavy atom. The molecule has 3 rings (SSSR count). The molecule has 0 bridgehead atoms. The van der Waals surface area contributed by atoms with E-state index in [2.05, 4.69) is 22.4 Å². The summed E-state index contributed by atoms with van der Waals surface area (Å²) in [5.74, 6) is 0.00911. The Bertz CT molecular complexity index is 611. The average molecular weight is 271 g/mol. The minimum Gasteiger partial charge on any atom is -0.361 e. The van der Waals surface area contributed by atoms with E-state index in [0.29, 0.717) is 6.54 Å². The molecule has 106 valence electrons. The van der Waals surface area contributed by atoms with Gasteiger partial charge in [0.1, 0.15) is 0 Å². The number of aromatic amines is 1. The third kappa shape index (κ3) is 2.43. The molecule has 4 heteroatoms. The third-order valence-corrected chi connectivity index (χ3v) is 4.30. The predicted octanol–water partition coefficient (Wildman–Crippen LogP) is 2.10. The van der Waals surface area contributed by atoms with Gasteiger partial charge in [0, 0.05) is 23.6 Å². The van der Waals surface area contributed by atoms with Gasteiger partial charge in [-0.2, -0.15) is 0 Å². The molecule has 0 saturated heterocycles. The lowest BCUT2D eigenvalue weighted by atomic mass is 9.98. The molecule has 1 saturated carbocycles. The molecule has 1 amide bonds. The first-order valence-corrected chi connectivity index (χ1v) is 7.31. The fraction of sp³-hybridized carbons (Fsp3) is 0.438. The van der Waals surface area contributed by atoms with Crippen molar-refractivity contribution in [2.45, 2.75) is 37.6 Å². The highest BCUT2D eigenvalue weighted by Gasteiger charge is 2.36. The quantitative estimate of drug-likeness (QED) is 0.797. The number of rotatable bonds is 4. The SMILES string of the molecule is NC1(C(=O)NCCc2c[nH]c3ccccc23)CCCC1. The molecule has 1 aliphatic carbocycles. The zero-order valence-corrected chi connectivity index (χ0v) is 11.6. The number of amides is 1. The molecular formula is C16H21N3O. The molecule has 20 heavy (non-hydrogen) atoms. The first-order chi connectivity index (χ1) is 9.69. The molecule has 1 aliphatic rings. The minimum absolute atomic E-state index is 0.00911. The van der Waals surface area contributed by atoms with Gasteiger partial charge < -0.3 is 16.0 Å². The standard InChI is InChI=1S/C16H21N3O/c17-16(8-3-4-9-16)15(20)18-10-7-12-11-19-14-6-2-1-5-13(12)14/h1-2,5-6,11,19H,3-4,7-10,17H2,(H,18,20). The lowest BCUT2D eigenvalue weighted by Gasteiger charge is -2.22. The number of para-hydroxylation sites is 1. The molecular weight excluding hydrogens is 250 g/mol. The number of fused-ring (bicyclic) bond motifs is 1. The smallest absolute Gasteiger partial charge is 0.240 e. The van der Waals surface area contributed by atoms with E-state index in [4.69, 9.17) is 5.73 Å². The van der Waals surface area contributed by atoms with Crippen molar-refractivity contribution in [3.8, 4) is 0 Å². The van der Waals surface area contributed by atoms with Crippen LogP contribution in [0.3, 0.4) is 0 Å². The number of nitrogens with two attached hydrogens (primary N) is 1. The first-order valence-electron chi connectivity index (χ1n) is 7.31. The van der Waals surface area contributed by atoms with Crippen molar-refractivity contribution >= 4 is 16.8 Å². The van der Waals surface area contributed by atoms with Gasteiger partial charge in [0.2, 0.25) is 5.91 Å². The highest BCUT2D eigenvalue weighted by Crippen LogP contribution is 2.27. The van der Waals surface area contributed by atoms with Crippen molar-refractivity contribution in [1.82, 2.24) is 10.3 Å².